The highest BCUT2D eigenvalue weighted by molar-refractivity contribution is 5.85. The number of nitrogens with two attached hydrogens (primary N) is 1. The number of benzene rings is 1. The number of ether oxygens (including phenoxy) is 1. The number of likely N-dealkylation sites (N-methyl/N-ethyl adjacent to an activating group) is 1. The average molecular weight is 358 g/mol. The topological polar surface area (TPSA) is 93.5 Å². The monoisotopic (exact) mass is 357 g/mol. The molecule has 1 rings (SSSR count). The summed E-state index contributed by atoms with van der Waals surface area (Å²) in [6.45, 7) is 6.84. The van der Waals surface area contributed by atoms with Gasteiger partial charge in [-0.2, -0.15) is 0 Å². The summed E-state index contributed by atoms with van der Waals surface area (Å²) in [6.07, 6.45) is 0.654. The van der Waals surface area contributed by atoms with Gasteiger partial charge in [-0.05, 0) is 37.0 Å². The van der Waals surface area contributed by atoms with E-state index in [0.717, 1.165) is 5.56 Å². The van der Waals surface area contributed by atoms with Crippen molar-refractivity contribution in [3.63, 3.8) is 0 Å². The zero-order valence-electron chi connectivity index (χ0n) is 14.5. The number of hydrogen-bond acceptors (Lipinski definition) is 4. The second-order valence-electron chi connectivity index (χ2n) is 5.84. The van der Waals surface area contributed by atoms with E-state index in [-0.39, 0.29) is 30.8 Å². The first-order valence-corrected chi connectivity index (χ1v) is 7.94. The third-order valence-corrected chi connectivity index (χ3v) is 3.17. The Hall–Kier alpha value is -1.79. The molecule has 6 nitrogen and oxygen atoms in total. The van der Waals surface area contributed by atoms with Gasteiger partial charge in [0.2, 0.25) is 5.91 Å². The molecule has 0 spiro atoms. The fourth-order valence-corrected chi connectivity index (χ4v) is 2.08. The predicted molar refractivity (Wildman–Crippen MR) is 97.1 cm³/mol. The van der Waals surface area contributed by atoms with Crippen molar-refractivity contribution in [1.82, 2.24) is 10.6 Å². The SMILES string of the molecule is CCNC(=O)COc1cccc(CNC(=O)[C@@H](N)CC(C)C)c1.Cl. The van der Waals surface area contributed by atoms with Crippen LogP contribution >= 0.6 is 12.4 Å². The van der Waals surface area contributed by atoms with Gasteiger partial charge >= 0.3 is 0 Å². The first-order valence-electron chi connectivity index (χ1n) is 7.94. The Morgan fingerprint density at radius 3 is 2.58 bits per heavy atom. The van der Waals surface area contributed by atoms with E-state index in [1.54, 1.807) is 12.1 Å². The Kier molecular flexibility index (Phi) is 10.8. The molecule has 0 aliphatic rings. The first kappa shape index (κ1) is 22.2. The Labute approximate surface area is 149 Å². The maximum Gasteiger partial charge on any atom is 0.257 e. The Balaban J connectivity index is 0.00000529. The molecule has 2 amide bonds. The Morgan fingerprint density at radius 1 is 1.25 bits per heavy atom. The minimum Gasteiger partial charge on any atom is -0.484 e. The number of hydrogen-bond donors (Lipinski definition) is 3. The zero-order valence-corrected chi connectivity index (χ0v) is 15.3. The molecule has 0 aromatic heterocycles. The molecule has 0 saturated carbocycles. The number of rotatable bonds is 9. The van der Waals surface area contributed by atoms with E-state index >= 15 is 0 Å². The summed E-state index contributed by atoms with van der Waals surface area (Å²) in [4.78, 5) is 23.3. The van der Waals surface area contributed by atoms with E-state index in [1.807, 2.05) is 32.9 Å². The van der Waals surface area contributed by atoms with Crippen molar-refractivity contribution in [2.24, 2.45) is 11.7 Å². The van der Waals surface area contributed by atoms with Crippen LogP contribution < -0.4 is 21.1 Å². The molecule has 0 heterocycles. The first-order chi connectivity index (χ1) is 10.9. The molecule has 4 N–H and O–H groups in total. The van der Waals surface area contributed by atoms with Gasteiger partial charge in [0.05, 0.1) is 6.04 Å². The van der Waals surface area contributed by atoms with Crippen LogP contribution in [0.3, 0.4) is 0 Å². The molecular formula is C17H28ClN3O3. The second-order valence-corrected chi connectivity index (χ2v) is 5.84. The quantitative estimate of drug-likeness (QED) is 0.626. The molecular weight excluding hydrogens is 330 g/mol. The van der Waals surface area contributed by atoms with Crippen LogP contribution in [-0.4, -0.2) is 31.0 Å². The highest BCUT2D eigenvalue weighted by atomic mass is 35.5. The van der Waals surface area contributed by atoms with Crippen LogP contribution in [0.4, 0.5) is 0 Å². The van der Waals surface area contributed by atoms with Gasteiger partial charge in [-0.3, -0.25) is 9.59 Å². The van der Waals surface area contributed by atoms with Crippen molar-refractivity contribution >= 4 is 24.2 Å². The lowest BCUT2D eigenvalue weighted by atomic mass is 10.0. The minimum atomic E-state index is -0.493. The number of amides is 2. The minimum absolute atomic E-state index is 0. The van der Waals surface area contributed by atoms with E-state index in [2.05, 4.69) is 10.6 Å². The zero-order chi connectivity index (χ0) is 17.2. The number of nitrogens with one attached hydrogen (secondary N) is 2. The lowest BCUT2D eigenvalue weighted by Crippen LogP contribution is -2.41. The molecule has 0 aliphatic carbocycles. The van der Waals surface area contributed by atoms with Crippen molar-refractivity contribution in [3.8, 4) is 5.75 Å². The van der Waals surface area contributed by atoms with Gasteiger partial charge in [-0.25, -0.2) is 0 Å². The summed E-state index contributed by atoms with van der Waals surface area (Å²) < 4.78 is 5.42. The lowest BCUT2D eigenvalue weighted by Gasteiger charge is -2.14. The molecule has 0 aliphatic heterocycles. The second kappa shape index (κ2) is 11.7. The lowest BCUT2D eigenvalue weighted by molar-refractivity contribution is -0.123. The van der Waals surface area contributed by atoms with E-state index in [1.165, 1.54) is 0 Å². The average Bonchev–Trinajstić information content (AvgIpc) is 2.50. The highest BCUT2D eigenvalue weighted by Gasteiger charge is 2.14. The van der Waals surface area contributed by atoms with Gasteiger partial charge in [0, 0.05) is 13.1 Å². The molecule has 24 heavy (non-hydrogen) atoms. The standard InChI is InChI=1S/C17H27N3O3.ClH/c1-4-19-16(21)11-23-14-7-5-6-13(9-14)10-20-17(22)15(18)8-12(2)3;/h5-7,9,12,15H,4,8,10-11,18H2,1-3H3,(H,19,21)(H,20,22);1H/t15-;/m0./s1. The normalized spacial score (nSPS) is 11.4. The largest absolute Gasteiger partial charge is 0.484 e. The van der Waals surface area contributed by atoms with Crippen molar-refractivity contribution in [2.45, 2.75) is 39.8 Å². The van der Waals surface area contributed by atoms with Gasteiger partial charge < -0.3 is 21.1 Å². The molecule has 0 fully saturated rings. The van der Waals surface area contributed by atoms with E-state index in [4.69, 9.17) is 10.5 Å². The molecule has 0 unspecified atom stereocenters. The third-order valence-electron chi connectivity index (χ3n) is 3.17. The van der Waals surface area contributed by atoms with E-state index in [0.29, 0.717) is 31.2 Å². The molecule has 0 bridgehead atoms. The Bertz CT molecular complexity index is 524. The van der Waals surface area contributed by atoms with Crippen molar-refractivity contribution in [2.75, 3.05) is 13.2 Å². The van der Waals surface area contributed by atoms with E-state index < -0.39 is 6.04 Å². The van der Waals surface area contributed by atoms with Gasteiger partial charge in [-0.1, -0.05) is 26.0 Å². The maximum absolute atomic E-state index is 11.9. The third kappa shape index (κ3) is 8.74. The molecule has 0 radical (unpaired) electrons. The van der Waals surface area contributed by atoms with Crippen LogP contribution in [-0.2, 0) is 16.1 Å². The maximum atomic E-state index is 11.9. The summed E-state index contributed by atoms with van der Waals surface area (Å²) in [5, 5.41) is 5.48. The highest BCUT2D eigenvalue weighted by Crippen LogP contribution is 2.13. The number of carbonyl (C=O) groups excluding carboxylic acids is 2. The van der Waals surface area contributed by atoms with Gasteiger partial charge in [0.25, 0.3) is 5.91 Å². The van der Waals surface area contributed by atoms with Crippen LogP contribution in [0.25, 0.3) is 0 Å². The molecule has 1 atom stereocenters. The molecule has 1 aromatic carbocycles. The summed E-state index contributed by atoms with van der Waals surface area (Å²) >= 11 is 0. The Morgan fingerprint density at radius 2 is 1.96 bits per heavy atom. The van der Waals surface area contributed by atoms with Crippen molar-refractivity contribution in [1.29, 1.82) is 0 Å². The summed E-state index contributed by atoms with van der Waals surface area (Å²) in [6, 6.07) is 6.78. The predicted octanol–water partition coefficient (Wildman–Crippen LogP) is 1.61. The fourth-order valence-electron chi connectivity index (χ4n) is 2.08. The molecule has 1 aromatic rings. The van der Waals surface area contributed by atoms with Gasteiger partial charge in [0.1, 0.15) is 5.75 Å². The van der Waals surface area contributed by atoms with E-state index in [9.17, 15) is 9.59 Å². The van der Waals surface area contributed by atoms with Crippen LogP contribution in [0.5, 0.6) is 5.75 Å². The van der Waals surface area contributed by atoms with Crippen LogP contribution in [0.1, 0.15) is 32.8 Å². The number of halogens is 1. The molecule has 136 valence electrons. The van der Waals surface area contributed by atoms with Crippen LogP contribution in [0.2, 0.25) is 0 Å². The van der Waals surface area contributed by atoms with Gasteiger partial charge in [-0.15, -0.1) is 12.4 Å². The van der Waals surface area contributed by atoms with Crippen LogP contribution in [0.15, 0.2) is 24.3 Å². The molecule has 7 heteroatoms. The van der Waals surface area contributed by atoms with Crippen LogP contribution in [0, 0.1) is 5.92 Å². The smallest absolute Gasteiger partial charge is 0.257 e. The van der Waals surface area contributed by atoms with Crippen molar-refractivity contribution in [3.05, 3.63) is 29.8 Å². The summed E-state index contributed by atoms with van der Waals surface area (Å²) in [7, 11) is 0. The van der Waals surface area contributed by atoms with Crippen molar-refractivity contribution < 1.29 is 14.3 Å². The fraction of sp³-hybridized carbons (Fsp3) is 0.529. The summed E-state index contributed by atoms with van der Waals surface area (Å²) in [5.74, 6) is 0.648. The summed E-state index contributed by atoms with van der Waals surface area (Å²) in [5.41, 5.74) is 6.73. The van der Waals surface area contributed by atoms with Gasteiger partial charge in [0.15, 0.2) is 6.61 Å². The number of carbonyl (C=O) groups is 2. The molecule has 0 saturated heterocycles.